The minimum Gasteiger partial charge on any atom is -0.508 e. The molecule has 0 aromatic heterocycles. The lowest BCUT2D eigenvalue weighted by Crippen LogP contribution is -2.21. The lowest BCUT2D eigenvalue weighted by molar-refractivity contribution is 0.174. The van der Waals surface area contributed by atoms with Crippen LogP contribution in [0, 0.1) is 0 Å². The number of nitrogens with one attached hydrogen (secondary N) is 1. The van der Waals surface area contributed by atoms with Gasteiger partial charge >= 0.3 is 0 Å². The predicted molar refractivity (Wildman–Crippen MR) is 80.0 cm³/mol. The Labute approximate surface area is 117 Å². The molecule has 0 bridgehead atoms. The molecule has 2 aromatic rings. The highest BCUT2D eigenvalue weighted by atomic mass is 16.3. The number of benzene rings is 2. The van der Waals surface area contributed by atoms with E-state index >= 15 is 0 Å². The standard InChI is InChI=1S/C15H19N3O2/c16-12-4-5-14(17)11(6-12)8-18-9-15(20)10-2-1-3-13(19)7-10/h1-7,15,18-20H,8-9,16-17H2. The zero-order valence-electron chi connectivity index (χ0n) is 11.1. The normalized spacial score (nSPS) is 12.2. The van der Waals surface area contributed by atoms with Gasteiger partial charge in [-0.25, -0.2) is 0 Å². The van der Waals surface area contributed by atoms with Gasteiger partial charge in [0.1, 0.15) is 5.75 Å². The van der Waals surface area contributed by atoms with E-state index < -0.39 is 6.10 Å². The van der Waals surface area contributed by atoms with Gasteiger partial charge in [0.2, 0.25) is 0 Å². The van der Waals surface area contributed by atoms with Gasteiger partial charge in [-0.05, 0) is 41.5 Å². The quantitative estimate of drug-likeness (QED) is 0.529. The molecule has 7 N–H and O–H groups in total. The fraction of sp³-hybridized carbons (Fsp3) is 0.200. The summed E-state index contributed by atoms with van der Waals surface area (Å²) in [6, 6.07) is 11.9. The summed E-state index contributed by atoms with van der Waals surface area (Å²) in [4.78, 5) is 0. The second-order valence-electron chi connectivity index (χ2n) is 4.70. The Kier molecular flexibility index (Phi) is 4.45. The van der Waals surface area contributed by atoms with Crippen LogP contribution < -0.4 is 16.8 Å². The Hall–Kier alpha value is -2.24. The molecule has 0 fully saturated rings. The molecule has 0 spiro atoms. The Balaban J connectivity index is 1.91. The van der Waals surface area contributed by atoms with Crippen LogP contribution in [-0.2, 0) is 6.54 Å². The van der Waals surface area contributed by atoms with Crippen LogP contribution in [0.3, 0.4) is 0 Å². The molecule has 0 saturated heterocycles. The van der Waals surface area contributed by atoms with E-state index in [0.29, 0.717) is 30.0 Å². The Morgan fingerprint density at radius 2 is 1.90 bits per heavy atom. The molecule has 0 heterocycles. The van der Waals surface area contributed by atoms with Crippen LogP contribution in [0.2, 0.25) is 0 Å². The van der Waals surface area contributed by atoms with Crippen molar-refractivity contribution in [1.82, 2.24) is 5.32 Å². The zero-order chi connectivity index (χ0) is 14.5. The minimum absolute atomic E-state index is 0.140. The Morgan fingerprint density at radius 3 is 2.65 bits per heavy atom. The first-order valence-electron chi connectivity index (χ1n) is 6.38. The topological polar surface area (TPSA) is 105 Å². The number of anilines is 2. The lowest BCUT2D eigenvalue weighted by Gasteiger charge is -2.13. The van der Waals surface area contributed by atoms with Crippen molar-refractivity contribution in [1.29, 1.82) is 0 Å². The van der Waals surface area contributed by atoms with Crippen molar-refractivity contribution in [3.63, 3.8) is 0 Å². The van der Waals surface area contributed by atoms with Gasteiger partial charge in [0.05, 0.1) is 6.10 Å². The molecule has 0 aliphatic carbocycles. The van der Waals surface area contributed by atoms with Crippen molar-refractivity contribution in [2.75, 3.05) is 18.0 Å². The van der Waals surface area contributed by atoms with E-state index in [-0.39, 0.29) is 5.75 Å². The number of nitrogens with two attached hydrogens (primary N) is 2. The predicted octanol–water partition coefficient (Wildman–Crippen LogP) is 1.38. The molecule has 5 nitrogen and oxygen atoms in total. The molecule has 5 heteroatoms. The molecule has 0 aliphatic rings. The van der Waals surface area contributed by atoms with Gasteiger partial charge in [0.25, 0.3) is 0 Å². The molecule has 0 aliphatic heterocycles. The molecule has 1 atom stereocenters. The third-order valence-corrected chi connectivity index (χ3v) is 3.08. The summed E-state index contributed by atoms with van der Waals surface area (Å²) in [5, 5.41) is 22.5. The first kappa shape index (κ1) is 14.2. The smallest absolute Gasteiger partial charge is 0.115 e. The molecular weight excluding hydrogens is 254 g/mol. The summed E-state index contributed by atoms with van der Waals surface area (Å²) in [7, 11) is 0. The van der Waals surface area contributed by atoms with Crippen LogP contribution >= 0.6 is 0 Å². The van der Waals surface area contributed by atoms with Crippen LogP contribution in [0.5, 0.6) is 5.75 Å². The number of phenolic OH excluding ortho intramolecular Hbond substituents is 1. The van der Waals surface area contributed by atoms with E-state index in [1.54, 1.807) is 36.4 Å². The van der Waals surface area contributed by atoms with Crippen molar-refractivity contribution < 1.29 is 10.2 Å². The monoisotopic (exact) mass is 273 g/mol. The van der Waals surface area contributed by atoms with E-state index in [1.807, 2.05) is 6.07 Å². The molecule has 106 valence electrons. The minimum atomic E-state index is -0.690. The van der Waals surface area contributed by atoms with Crippen molar-refractivity contribution in [2.45, 2.75) is 12.6 Å². The van der Waals surface area contributed by atoms with Crippen molar-refractivity contribution in [3.05, 3.63) is 53.6 Å². The largest absolute Gasteiger partial charge is 0.508 e. The van der Waals surface area contributed by atoms with E-state index in [0.717, 1.165) is 5.56 Å². The number of nitrogen functional groups attached to an aromatic ring is 2. The third kappa shape index (κ3) is 3.63. The maximum atomic E-state index is 10.0. The van der Waals surface area contributed by atoms with Gasteiger partial charge in [-0.3, -0.25) is 0 Å². The number of aliphatic hydroxyl groups is 1. The average molecular weight is 273 g/mol. The molecule has 0 radical (unpaired) electrons. The SMILES string of the molecule is Nc1ccc(N)c(CNCC(O)c2cccc(O)c2)c1. The summed E-state index contributed by atoms with van der Waals surface area (Å²) in [5.74, 6) is 0.140. The summed E-state index contributed by atoms with van der Waals surface area (Å²) in [5.41, 5.74) is 14.4. The average Bonchev–Trinajstić information content (AvgIpc) is 2.42. The summed E-state index contributed by atoms with van der Waals surface area (Å²) < 4.78 is 0. The lowest BCUT2D eigenvalue weighted by atomic mass is 10.1. The highest BCUT2D eigenvalue weighted by molar-refractivity contribution is 5.55. The number of rotatable bonds is 5. The molecule has 0 amide bonds. The molecule has 0 saturated carbocycles. The second-order valence-corrected chi connectivity index (χ2v) is 4.70. The van der Waals surface area contributed by atoms with Crippen molar-refractivity contribution in [2.24, 2.45) is 0 Å². The van der Waals surface area contributed by atoms with E-state index in [9.17, 15) is 10.2 Å². The van der Waals surface area contributed by atoms with E-state index in [4.69, 9.17) is 11.5 Å². The van der Waals surface area contributed by atoms with Crippen LogP contribution in [0.25, 0.3) is 0 Å². The molecular formula is C15H19N3O2. The molecule has 1 unspecified atom stereocenters. The number of aliphatic hydroxyl groups excluding tert-OH is 1. The Bertz CT molecular complexity index is 587. The van der Waals surface area contributed by atoms with E-state index in [1.165, 1.54) is 0 Å². The highest BCUT2D eigenvalue weighted by Gasteiger charge is 2.08. The summed E-state index contributed by atoms with van der Waals surface area (Å²) in [6.07, 6.45) is -0.690. The third-order valence-electron chi connectivity index (χ3n) is 3.08. The van der Waals surface area contributed by atoms with Gasteiger partial charge in [-0.2, -0.15) is 0 Å². The maximum absolute atomic E-state index is 10.0. The van der Waals surface area contributed by atoms with Crippen molar-refractivity contribution >= 4 is 11.4 Å². The molecule has 2 rings (SSSR count). The van der Waals surface area contributed by atoms with Gasteiger partial charge in [-0.15, -0.1) is 0 Å². The fourth-order valence-electron chi connectivity index (χ4n) is 1.97. The number of hydrogen-bond acceptors (Lipinski definition) is 5. The molecule has 2 aromatic carbocycles. The van der Waals surface area contributed by atoms with E-state index in [2.05, 4.69) is 5.32 Å². The number of aromatic hydroxyl groups is 1. The van der Waals surface area contributed by atoms with Crippen LogP contribution in [-0.4, -0.2) is 16.8 Å². The number of hydrogen-bond donors (Lipinski definition) is 5. The highest BCUT2D eigenvalue weighted by Crippen LogP contribution is 2.18. The second kappa shape index (κ2) is 6.27. The van der Waals surface area contributed by atoms with Crippen LogP contribution in [0.4, 0.5) is 11.4 Å². The van der Waals surface area contributed by atoms with Crippen LogP contribution in [0.15, 0.2) is 42.5 Å². The molecule has 20 heavy (non-hydrogen) atoms. The number of phenols is 1. The van der Waals surface area contributed by atoms with Gasteiger partial charge < -0.3 is 27.0 Å². The Morgan fingerprint density at radius 1 is 1.10 bits per heavy atom. The van der Waals surface area contributed by atoms with Crippen molar-refractivity contribution in [3.8, 4) is 5.75 Å². The first-order valence-corrected chi connectivity index (χ1v) is 6.38. The van der Waals surface area contributed by atoms with Gasteiger partial charge in [0.15, 0.2) is 0 Å². The summed E-state index contributed by atoms with van der Waals surface area (Å²) >= 11 is 0. The maximum Gasteiger partial charge on any atom is 0.115 e. The zero-order valence-corrected chi connectivity index (χ0v) is 11.1. The summed E-state index contributed by atoms with van der Waals surface area (Å²) in [6.45, 7) is 0.879. The van der Waals surface area contributed by atoms with Crippen LogP contribution in [0.1, 0.15) is 17.2 Å². The first-order chi connectivity index (χ1) is 9.56. The fourth-order valence-corrected chi connectivity index (χ4v) is 1.97. The van der Waals surface area contributed by atoms with Gasteiger partial charge in [0, 0.05) is 24.5 Å². The van der Waals surface area contributed by atoms with Gasteiger partial charge in [-0.1, -0.05) is 12.1 Å².